The highest BCUT2D eigenvalue weighted by molar-refractivity contribution is 5.94. The molecule has 1 spiro atoms. The van der Waals surface area contributed by atoms with Crippen molar-refractivity contribution in [1.82, 2.24) is 10.6 Å². The predicted molar refractivity (Wildman–Crippen MR) is 213 cm³/mol. The topological polar surface area (TPSA) is 95.1 Å². The summed E-state index contributed by atoms with van der Waals surface area (Å²) in [6.07, 6.45) is 24.6. The van der Waals surface area contributed by atoms with Crippen LogP contribution in [0.3, 0.4) is 0 Å². The lowest BCUT2D eigenvalue weighted by Gasteiger charge is -2.43. The fraction of sp³-hybridized carbons (Fsp3) is 0.689. The Morgan fingerprint density at radius 2 is 0.755 bits per heavy atom. The number of ether oxygens (including phenoxy) is 4. The molecule has 0 bridgehead atoms. The zero-order valence-electron chi connectivity index (χ0n) is 33.1. The quantitative estimate of drug-likeness (QED) is 0.0935. The lowest BCUT2D eigenvalue weighted by Crippen LogP contribution is -2.49. The smallest absolute Gasteiger partial charge is 0.251 e. The summed E-state index contributed by atoms with van der Waals surface area (Å²) in [5, 5.41) is 6.12. The standard InChI is InChI=1S/C45H70N2O6/c1-3-5-7-9-11-13-15-17-19-21-31-46-41(48)37-23-27-39(28-24-37)43-50-33-45(34-51-43)35-52-44(53-36-45)40-29-25-38(26-30-40)42(49)47-32-22-20-18-16-14-12-10-8-6-4-2/h23-30,43-44H,3-22,31-36H2,1-2H3,(H,46,48)(H,47,49). The van der Waals surface area contributed by atoms with Crippen LogP contribution in [0.2, 0.25) is 0 Å². The highest BCUT2D eigenvalue weighted by atomic mass is 16.7. The summed E-state index contributed by atoms with van der Waals surface area (Å²) in [4.78, 5) is 25.3. The highest BCUT2D eigenvalue weighted by Crippen LogP contribution is 2.38. The molecule has 2 heterocycles. The van der Waals surface area contributed by atoms with Crippen LogP contribution in [0.1, 0.15) is 187 Å². The molecule has 0 aliphatic carbocycles. The molecule has 4 rings (SSSR count). The van der Waals surface area contributed by atoms with Crippen molar-refractivity contribution in [2.24, 2.45) is 5.41 Å². The second kappa shape index (κ2) is 25.3. The normalized spacial score (nSPS) is 20.0. The van der Waals surface area contributed by atoms with E-state index in [-0.39, 0.29) is 17.2 Å². The molecular weight excluding hydrogens is 665 g/mol. The van der Waals surface area contributed by atoms with Crippen molar-refractivity contribution in [1.29, 1.82) is 0 Å². The van der Waals surface area contributed by atoms with Crippen LogP contribution in [0, 0.1) is 5.41 Å². The van der Waals surface area contributed by atoms with Crippen LogP contribution in [0.15, 0.2) is 48.5 Å². The number of carbonyl (C=O) groups excluding carboxylic acids is 2. The van der Waals surface area contributed by atoms with Crippen molar-refractivity contribution in [2.45, 2.75) is 155 Å². The van der Waals surface area contributed by atoms with Crippen LogP contribution in [0.5, 0.6) is 0 Å². The summed E-state index contributed by atoms with van der Waals surface area (Å²) in [5.41, 5.74) is 2.68. The molecule has 0 aromatic heterocycles. The minimum Gasteiger partial charge on any atom is -0.352 e. The van der Waals surface area contributed by atoms with E-state index in [4.69, 9.17) is 18.9 Å². The van der Waals surface area contributed by atoms with Crippen LogP contribution >= 0.6 is 0 Å². The van der Waals surface area contributed by atoms with E-state index in [1.165, 1.54) is 103 Å². The number of amides is 2. The summed E-state index contributed by atoms with van der Waals surface area (Å²) in [5.74, 6) is -0.0825. The van der Waals surface area contributed by atoms with E-state index in [0.29, 0.717) is 50.6 Å². The second-order valence-electron chi connectivity index (χ2n) is 15.5. The van der Waals surface area contributed by atoms with Gasteiger partial charge in [-0.3, -0.25) is 9.59 Å². The molecular formula is C45H70N2O6. The molecule has 2 fully saturated rings. The van der Waals surface area contributed by atoms with Gasteiger partial charge < -0.3 is 29.6 Å². The molecule has 8 heteroatoms. The minimum absolute atomic E-state index is 0.0412. The second-order valence-corrected chi connectivity index (χ2v) is 15.5. The number of nitrogens with one attached hydrogen (secondary N) is 2. The Morgan fingerprint density at radius 3 is 1.06 bits per heavy atom. The number of carbonyl (C=O) groups is 2. The largest absolute Gasteiger partial charge is 0.352 e. The molecule has 2 aromatic rings. The van der Waals surface area contributed by atoms with Gasteiger partial charge in [0.05, 0.1) is 31.8 Å². The number of hydrogen-bond acceptors (Lipinski definition) is 6. The van der Waals surface area contributed by atoms with E-state index in [2.05, 4.69) is 24.5 Å². The number of hydrogen-bond donors (Lipinski definition) is 2. The Morgan fingerprint density at radius 1 is 0.472 bits per heavy atom. The Kier molecular flexibility index (Phi) is 20.5. The van der Waals surface area contributed by atoms with Crippen LogP contribution < -0.4 is 10.6 Å². The molecule has 2 aromatic carbocycles. The summed E-state index contributed by atoms with van der Waals surface area (Å²) in [7, 11) is 0. The monoisotopic (exact) mass is 735 g/mol. The van der Waals surface area contributed by atoms with Crippen LogP contribution in [-0.2, 0) is 18.9 Å². The lowest BCUT2D eigenvalue weighted by atomic mass is 9.90. The van der Waals surface area contributed by atoms with Crippen LogP contribution in [0.4, 0.5) is 0 Å². The van der Waals surface area contributed by atoms with Crippen molar-refractivity contribution in [3.05, 3.63) is 70.8 Å². The fourth-order valence-electron chi connectivity index (χ4n) is 7.16. The summed E-state index contributed by atoms with van der Waals surface area (Å²) in [6.45, 7) is 7.72. The fourth-order valence-corrected chi connectivity index (χ4v) is 7.16. The Labute approximate surface area is 320 Å². The van der Waals surface area contributed by atoms with Crippen molar-refractivity contribution in [3.63, 3.8) is 0 Å². The van der Waals surface area contributed by atoms with E-state index in [9.17, 15) is 9.59 Å². The molecule has 0 unspecified atom stereocenters. The maximum atomic E-state index is 12.7. The number of benzene rings is 2. The van der Waals surface area contributed by atoms with Gasteiger partial charge in [0.2, 0.25) is 0 Å². The van der Waals surface area contributed by atoms with E-state index in [0.717, 1.165) is 36.8 Å². The van der Waals surface area contributed by atoms with Crippen LogP contribution in [-0.4, -0.2) is 51.3 Å². The maximum Gasteiger partial charge on any atom is 0.251 e. The zero-order valence-corrected chi connectivity index (χ0v) is 33.1. The SMILES string of the molecule is CCCCCCCCCCCCNC(=O)c1ccc(C2OCC3(CO2)COC(c2ccc(C(=O)NCCCCCCCCCCCC)cc2)OC3)cc1. The first-order valence-electron chi connectivity index (χ1n) is 21.3. The van der Waals surface area contributed by atoms with Crippen molar-refractivity contribution < 1.29 is 28.5 Å². The Hall–Kier alpha value is -2.78. The Bertz CT molecular complexity index is 1160. The first-order chi connectivity index (χ1) is 26.0. The number of unbranched alkanes of at least 4 members (excludes halogenated alkanes) is 18. The summed E-state index contributed by atoms with van der Waals surface area (Å²) < 4.78 is 24.6. The minimum atomic E-state index is -0.495. The molecule has 2 aliphatic heterocycles. The van der Waals surface area contributed by atoms with Crippen molar-refractivity contribution in [2.75, 3.05) is 39.5 Å². The molecule has 296 valence electrons. The molecule has 0 atom stereocenters. The van der Waals surface area contributed by atoms with Crippen LogP contribution in [0.25, 0.3) is 0 Å². The molecule has 53 heavy (non-hydrogen) atoms. The molecule has 0 saturated carbocycles. The first-order valence-corrected chi connectivity index (χ1v) is 21.3. The van der Waals surface area contributed by atoms with E-state index in [1.54, 1.807) is 0 Å². The molecule has 8 nitrogen and oxygen atoms in total. The van der Waals surface area contributed by atoms with Gasteiger partial charge in [-0.2, -0.15) is 0 Å². The van der Waals surface area contributed by atoms with Gasteiger partial charge >= 0.3 is 0 Å². The highest BCUT2D eigenvalue weighted by Gasteiger charge is 2.42. The summed E-state index contributed by atoms with van der Waals surface area (Å²) >= 11 is 0. The molecule has 2 N–H and O–H groups in total. The molecule has 2 aliphatic rings. The van der Waals surface area contributed by atoms with Gasteiger partial charge in [-0.25, -0.2) is 0 Å². The predicted octanol–water partition coefficient (Wildman–Crippen LogP) is 10.8. The third-order valence-corrected chi connectivity index (χ3v) is 10.7. The van der Waals surface area contributed by atoms with E-state index >= 15 is 0 Å². The first kappa shape index (κ1) is 43.0. The van der Waals surface area contributed by atoms with Gasteiger partial charge in [0.1, 0.15) is 0 Å². The van der Waals surface area contributed by atoms with Crippen molar-refractivity contribution >= 4 is 11.8 Å². The Balaban J connectivity index is 1.06. The number of rotatable bonds is 26. The van der Waals surface area contributed by atoms with Gasteiger partial charge in [0, 0.05) is 35.3 Å². The zero-order chi connectivity index (χ0) is 37.4. The lowest BCUT2D eigenvalue weighted by molar-refractivity contribution is -0.307. The van der Waals surface area contributed by atoms with Gasteiger partial charge in [0.25, 0.3) is 11.8 Å². The molecule has 0 radical (unpaired) electrons. The van der Waals surface area contributed by atoms with Gasteiger partial charge in [-0.05, 0) is 37.1 Å². The molecule has 2 amide bonds. The van der Waals surface area contributed by atoms with Crippen molar-refractivity contribution in [3.8, 4) is 0 Å². The van der Waals surface area contributed by atoms with Gasteiger partial charge in [-0.1, -0.05) is 154 Å². The third kappa shape index (κ3) is 15.8. The third-order valence-electron chi connectivity index (χ3n) is 10.7. The maximum absolute atomic E-state index is 12.7. The molecule has 2 saturated heterocycles. The van der Waals surface area contributed by atoms with E-state index in [1.807, 2.05) is 48.5 Å². The van der Waals surface area contributed by atoms with Gasteiger partial charge in [-0.15, -0.1) is 0 Å². The average molecular weight is 735 g/mol. The average Bonchev–Trinajstić information content (AvgIpc) is 3.19. The van der Waals surface area contributed by atoms with Gasteiger partial charge in [0.15, 0.2) is 12.6 Å². The summed E-state index contributed by atoms with van der Waals surface area (Å²) in [6, 6.07) is 15.0. The van der Waals surface area contributed by atoms with E-state index < -0.39 is 12.6 Å².